The Morgan fingerprint density at radius 2 is 2.19 bits per heavy atom. The van der Waals surface area contributed by atoms with E-state index >= 15 is 0 Å². The Morgan fingerprint density at radius 1 is 1.38 bits per heavy atom. The molecule has 2 N–H and O–H groups in total. The van der Waals surface area contributed by atoms with E-state index in [1.807, 2.05) is 13.8 Å². The number of aromatic nitrogens is 2. The average Bonchev–Trinajstić information content (AvgIpc) is 2.60. The lowest BCUT2D eigenvalue weighted by Crippen LogP contribution is -2.25. The standard InChI is InChI=1S/C17H20N4O4S/c1-4-26-17-19-11(2)7-16(20-17)25-10-15(23)21-18-9-12-5-6-14(24-3)13(22)8-12/h5-9,22H,4,10H2,1-3H3,(H,21,23)/b18-9-. The van der Waals surface area contributed by atoms with Crippen molar-refractivity contribution in [1.82, 2.24) is 15.4 Å². The van der Waals surface area contributed by atoms with E-state index < -0.39 is 5.91 Å². The van der Waals surface area contributed by atoms with Crippen molar-refractivity contribution in [2.45, 2.75) is 19.0 Å². The summed E-state index contributed by atoms with van der Waals surface area (Å²) in [6.07, 6.45) is 1.40. The molecule has 0 unspecified atom stereocenters. The van der Waals surface area contributed by atoms with E-state index in [1.165, 1.54) is 31.2 Å². The van der Waals surface area contributed by atoms with Crippen LogP contribution in [0.1, 0.15) is 18.2 Å². The van der Waals surface area contributed by atoms with Crippen LogP contribution in [0.15, 0.2) is 34.5 Å². The minimum absolute atomic E-state index is 0.00834. The van der Waals surface area contributed by atoms with Crippen molar-refractivity contribution in [3.8, 4) is 17.4 Å². The number of ether oxygens (including phenoxy) is 2. The normalized spacial score (nSPS) is 10.7. The molecule has 0 fully saturated rings. The third-order valence-electron chi connectivity index (χ3n) is 3.04. The van der Waals surface area contributed by atoms with Gasteiger partial charge < -0.3 is 14.6 Å². The van der Waals surface area contributed by atoms with Crippen LogP contribution < -0.4 is 14.9 Å². The largest absolute Gasteiger partial charge is 0.504 e. The van der Waals surface area contributed by atoms with E-state index in [4.69, 9.17) is 9.47 Å². The van der Waals surface area contributed by atoms with Crippen molar-refractivity contribution in [3.63, 3.8) is 0 Å². The van der Waals surface area contributed by atoms with Crippen LogP contribution in [-0.2, 0) is 4.79 Å². The lowest BCUT2D eigenvalue weighted by molar-refractivity contribution is -0.123. The molecule has 0 aliphatic carbocycles. The summed E-state index contributed by atoms with van der Waals surface area (Å²) in [5, 5.41) is 14.1. The number of benzene rings is 1. The average molecular weight is 376 g/mol. The molecule has 0 bridgehead atoms. The Hall–Kier alpha value is -2.81. The van der Waals surface area contributed by atoms with Crippen LogP contribution >= 0.6 is 11.8 Å². The quantitative estimate of drug-likeness (QED) is 0.315. The fraction of sp³-hybridized carbons (Fsp3) is 0.294. The molecular formula is C17H20N4O4S. The third kappa shape index (κ3) is 5.92. The molecule has 9 heteroatoms. The number of carbonyl (C=O) groups is 1. The first-order valence-corrected chi connectivity index (χ1v) is 8.80. The van der Waals surface area contributed by atoms with Gasteiger partial charge in [0.2, 0.25) is 5.88 Å². The lowest BCUT2D eigenvalue weighted by Gasteiger charge is -2.06. The molecule has 2 aromatic rings. The number of carbonyl (C=O) groups excluding carboxylic acids is 1. The molecule has 0 aliphatic rings. The second-order valence-corrected chi connectivity index (χ2v) is 6.31. The molecule has 0 atom stereocenters. The first-order valence-electron chi connectivity index (χ1n) is 7.82. The molecule has 26 heavy (non-hydrogen) atoms. The Labute approximate surface area is 155 Å². The van der Waals surface area contributed by atoms with Gasteiger partial charge in [0, 0.05) is 11.8 Å². The summed E-state index contributed by atoms with van der Waals surface area (Å²) in [5.74, 6) is 1.11. The monoisotopic (exact) mass is 376 g/mol. The zero-order chi connectivity index (χ0) is 18.9. The van der Waals surface area contributed by atoms with Crippen LogP contribution in [0.4, 0.5) is 0 Å². The molecule has 0 spiro atoms. The molecule has 1 amide bonds. The molecular weight excluding hydrogens is 356 g/mol. The molecule has 1 heterocycles. The number of thioether (sulfide) groups is 1. The van der Waals surface area contributed by atoms with Gasteiger partial charge in [-0.25, -0.2) is 10.4 Å². The van der Waals surface area contributed by atoms with Gasteiger partial charge in [-0.15, -0.1) is 0 Å². The number of phenols is 1. The maximum atomic E-state index is 11.8. The van der Waals surface area contributed by atoms with E-state index in [2.05, 4.69) is 20.5 Å². The highest BCUT2D eigenvalue weighted by Gasteiger charge is 2.06. The van der Waals surface area contributed by atoms with Crippen LogP contribution in [0.25, 0.3) is 0 Å². The van der Waals surface area contributed by atoms with E-state index in [-0.39, 0.29) is 12.4 Å². The predicted octanol–water partition coefficient (Wildman–Crippen LogP) is 2.14. The Bertz CT molecular complexity index is 798. The maximum absolute atomic E-state index is 11.8. The highest BCUT2D eigenvalue weighted by atomic mass is 32.2. The number of methoxy groups -OCH3 is 1. The van der Waals surface area contributed by atoms with Gasteiger partial charge in [-0.2, -0.15) is 10.1 Å². The minimum atomic E-state index is -0.431. The van der Waals surface area contributed by atoms with Gasteiger partial charge in [0.1, 0.15) is 0 Å². The number of amides is 1. The van der Waals surface area contributed by atoms with E-state index in [1.54, 1.807) is 18.2 Å². The van der Waals surface area contributed by atoms with Crippen LogP contribution in [0.2, 0.25) is 0 Å². The summed E-state index contributed by atoms with van der Waals surface area (Å²) in [6.45, 7) is 3.62. The van der Waals surface area contributed by atoms with Gasteiger partial charge in [-0.05, 0) is 36.4 Å². The Kier molecular flexibility index (Phi) is 7.22. The zero-order valence-corrected chi connectivity index (χ0v) is 15.5. The van der Waals surface area contributed by atoms with Gasteiger partial charge in [0.15, 0.2) is 23.3 Å². The number of hydrogen-bond donors (Lipinski definition) is 2. The number of nitrogens with zero attached hydrogens (tertiary/aromatic N) is 3. The van der Waals surface area contributed by atoms with E-state index in [0.29, 0.717) is 22.3 Å². The zero-order valence-electron chi connectivity index (χ0n) is 14.7. The minimum Gasteiger partial charge on any atom is -0.504 e. The summed E-state index contributed by atoms with van der Waals surface area (Å²) in [4.78, 5) is 20.3. The van der Waals surface area contributed by atoms with Gasteiger partial charge >= 0.3 is 0 Å². The van der Waals surface area contributed by atoms with Gasteiger partial charge in [0.05, 0.1) is 13.3 Å². The first kappa shape index (κ1) is 19.5. The lowest BCUT2D eigenvalue weighted by atomic mass is 10.2. The van der Waals surface area contributed by atoms with Gasteiger partial charge in [0.25, 0.3) is 5.91 Å². The number of phenolic OH excluding ortho intramolecular Hbond substituents is 1. The summed E-state index contributed by atoms with van der Waals surface area (Å²) in [5.41, 5.74) is 3.72. The summed E-state index contributed by atoms with van der Waals surface area (Å²) in [7, 11) is 1.46. The van der Waals surface area contributed by atoms with Gasteiger partial charge in [-0.1, -0.05) is 18.7 Å². The van der Waals surface area contributed by atoms with Crippen LogP contribution in [0.5, 0.6) is 17.4 Å². The van der Waals surface area contributed by atoms with Gasteiger partial charge in [-0.3, -0.25) is 4.79 Å². The van der Waals surface area contributed by atoms with Crippen LogP contribution in [0.3, 0.4) is 0 Å². The summed E-state index contributed by atoms with van der Waals surface area (Å²) < 4.78 is 10.3. The van der Waals surface area contributed by atoms with Crippen molar-refractivity contribution in [2.75, 3.05) is 19.5 Å². The molecule has 0 radical (unpaired) electrons. The summed E-state index contributed by atoms with van der Waals surface area (Å²) >= 11 is 1.50. The molecule has 8 nitrogen and oxygen atoms in total. The van der Waals surface area contributed by atoms with Crippen molar-refractivity contribution < 1.29 is 19.4 Å². The third-order valence-corrected chi connectivity index (χ3v) is 3.77. The van der Waals surface area contributed by atoms with E-state index in [0.717, 1.165) is 11.4 Å². The van der Waals surface area contributed by atoms with E-state index in [9.17, 15) is 9.90 Å². The molecule has 0 saturated heterocycles. The molecule has 1 aromatic carbocycles. The molecule has 138 valence electrons. The number of hydrazone groups is 1. The number of rotatable bonds is 8. The number of aryl methyl sites for hydroxylation is 1. The SMILES string of the molecule is CCSc1nc(C)cc(OCC(=O)N/N=C\c2ccc(OC)c(O)c2)n1. The predicted molar refractivity (Wildman–Crippen MR) is 99.1 cm³/mol. The van der Waals surface area contributed by atoms with Crippen LogP contribution in [-0.4, -0.2) is 46.7 Å². The topological polar surface area (TPSA) is 106 Å². The van der Waals surface area contributed by atoms with Crippen LogP contribution in [0, 0.1) is 6.92 Å². The molecule has 0 aliphatic heterocycles. The Morgan fingerprint density at radius 3 is 2.88 bits per heavy atom. The summed E-state index contributed by atoms with van der Waals surface area (Å²) in [6, 6.07) is 6.43. The smallest absolute Gasteiger partial charge is 0.278 e. The fourth-order valence-corrected chi connectivity index (χ4v) is 2.54. The second kappa shape index (κ2) is 9.62. The fourth-order valence-electron chi connectivity index (χ4n) is 1.92. The second-order valence-electron chi connectivity index (χ2n) is 5.08. The maximum Gasteiger partial charge on any atom is 0.278 e. The molecule has 2 rings (SSSR count). The molecule has 1 aromatic heterocycles. The number of aromatic hydroxyl groups is 1. The molecule has 0 saturated carbocycles. The number of nitrogens with one attached hydrogen (secondary N) is 1. The van der Waals surface area contributed by atoms with Crippen molar-refractivity contribution in [1.29, 1.82) is 0 Å². The van der Waals surface area contributed by atoms with Crippen molar-refractivity contribution in [2.24, 2.45) is 5.10 Å². The van der Waals surface area contributed by atoms with Crippen molar-refractivity contribution in [3.05, 3.63) is 35.5 Å². The Balaban J connectivity index is 1.86. The van der Waals surface area contributed by atoms with Crippen molar-refractivity contribution >= 4 is 23.9 Å². The number of hydrogen-bond acceptors (Lipinski definition) is 8. The highest BCUT2D eigenvalue weighted by molar-refractivity contribution is 7.99. The first-order chi connectivity index (χ1) is 12.5. The highest BCUT2D eigenvalue weighted by Crippen LogP contribution is 2.25.